The van der Waals surface area contributed by atoms with Crippen molar-refractivity contribution in [3.8, 4) is 6.07 Å². The van der Waals surface area contributed by atoms with Crippen LogP contribution >= 0.6 is 15.9 Å². The number of aromatic nitrogens is 2. The molecule has 98 valence electrons. The Kier molecular flexibility index (Phi) is 5.86. The quantitative estimate of drug-likeness (QED) is 0.875. The molecule has 0 atom stereocenters. The number of nitrogens with zero attached hydrogens (tertiary/aromatic N) is 4. The SMILES string of the molecule is CCNc1ncc(Br)c(N(CCC#N)C(C)C)n1. The smallest absolute Gasteiger partial charge is 0.224 e. The second-order valence-corrected chi connectivity index (χ2v) is 4.95. The van der Waals surface area contributed by atoms with Crippen LogP contribution in [0.2, 0.25) is 0 Å². The largest absolute Gasteiger partial charge is 0.354 e. The maximum Gasteiger partial charge on any atom is 0.224 e. The van der Waals surface area contributed by atoms with E-state index in [1.807, 2.05) is 6.92 Å². The maximum absolute atomic E-state index is 8.72. The van der Waals surface area contributed by atoms with Gasteiger partial charge < -0.3 is 10.2 Å². The lowest BCUT2D eigenvalue weighted by atomic mass is 10.3. The van der Waals surface area contributed by atoms with Crippen LogP contribution in [-0.4, -0.2) is 29.1 Å². The van der Waals surface area contributed by atoms with Gasteiger partial charge in [-0.1, -0.05) is 0 Å². The fourth-order valence-corrected chi connectivity index (χ4v) is 2.00. The molecule has 5 nitrogen and oxygen atoms in total. The van der Waals surface area contributed by atoms with E-state index in [0.29, 0.717) is 18.9 Å². The molecule has 0 aromatic carbocycles. The summed E-state index contributed by atoms with van der Waals surface area (Å²) in [4.78, 5) is 10.8. The second kappa shape index (κ2) is 7.17. The Morgan fingerprint density at radius 2 is 2.28 bits per heavy atom. The number of nitriles is 1. The Morgan fingerprint density at radius 3 is 2.83 bits per heavy atom. The molecule has 0 radical (unpaired) electrons. The molecule has 0 aliphatic carbocycles. The van der Waals surface area contributed by atoms with Gasteiger partial charge in [-0.05, 0) is 36.7 Å². The van der Waals surface area contributed by atoms with Crippen molar-refractivity contribution in [2.24, 2.45) is 0 Å². The number of anilines is 2. The van der Waals surface area contributed by atoms with Crippen LogP contribution in [-0.2, 0) is 0 Å². The van der Waals surface area contributed by atoms with Crippen LogP contribution in [0.25, 0.3) is 0 Å². The van der Waals surface area contributed by atoms with E-state index in [-0.39, 0.29) is 6.04 Å². The minimum absolute atomic E-state index is 0.277. The van der Waals surface area contributed by atoms with E-state index < -0.39 is 0 Å². The summed E-state index contributed by atoms with van der Waals surface area (Å²) < 4.78 is 0.843. The minimum atomic E-state index is 0.277. The van der Waals surface area contributed by atoms with Gasteiger partial charge in [0.05, 0.1) is 17.0 Å². The van der Waals surface area contributed by atoms with Gasteiger partial charge in [0.1, 0.15) is 5.82 Å². The Balaban J connectivity index is 3.02. The highest BCUT2D eigenvalue weighted by atomic mass is 79.9. The van der Waals surface area contributed by atoms with Crippen molar-refractivity contribution in [2.45, 2.75) is 33.2 Å². The van der Waals surface area contributed by atoms with Crippen molar-refractivity contribution in [1.29, 1.82) is 5.26 Å². The fourth-order valence-electron chi connectivity index (χ4n) is 1.58. The molecular weight excluding hydrogens is 294 g/mol. The van der Waals surface area contributed by atoms with Gasteiger partial charge in [-0.2, -0.15) is 10.2 Å². The lowest BCUT2D eigenvalue weighted by molar-refractivity contribution is 0.674. The molecule has 0 saturated heterocycles. The molecule has 0 spiro atoms. The Labute approximate surface area is 116 Å². The summed E-state index contributed by atoms with van der Waals surface area (Å²) in [6, 6.07) is 2.44. The van der Waals surface area contributed by atoms with Gasteiger partial charge in [-0.15, -0.1) is 0 Å². The highest BCUT2D eigenvalue weighted by Crippen LogP contribution is 2.26. The summed E-state index contributed by atoms with van der Waals surface area (Å²) in [6.07, 6.45) is 2.22. The molecule has 6 heteroatoms. The van der Waals surface area contributed by atoms with Crippen LogP contribution in [0, 0.1) is 11.3 Å². The third kappa shape index (κ3) is 3.84. The second-order valence-electron chi connectivity index (χ2n) is 4.09. The normalized spacial score (nSPS) is 10.2. The van der Waals surface area contributed by atoms with Gasteiger partial charge >= 0.3 is 0 Å². The predicted octanol–water partition coefficient (Wildman–Crippen LogP) is 2.80. The van der Waals surface area contributed by atoms with Crippen LogP contribution in [0.3, 0.4) is 0 Å². The van der Waals surface area contributed by atoms with Crippen molar-refractivity contribution in [1.82, 2.24) is 9.97 Å². The molecule has 0 amide bonds. The third-order valence-corrected chi connectivity index (χ3v) is 2.98. The van der Waals surface area contributed by atoms with E-state index >= 15 is 0 Å². The van der Waals surface area contributed by atoms with Gasteiger partial charge in [-0.25, -0.2) is 4.98 Å². The molecule has 1 rings (SSSR count). The van der Waals surface area contributed by atoms with Crippen LogP contribution in [0.15, 0.2) is 10.7 Å². The topological polar surface area (TPSA) is 64.8 Å². The van der Waals surface area contributed by atoms with Crippen LogP contribution in [0.4, 0.5) is 11.8 Å². The van der Waals surface area contributed by atoms with Crippen LogP contribution in [0.5, 0.6) is 0 Å². The Bertz CT molecular complexity index is 427. The first-order valence-corrected chi connectivity index (χ1v) is 6.79. The number of halogens is 1. The van der Waals surface area contributed by atoms with Crippen molar-refractivity contribution in [3.63, 3.8) is 0 Å². The highest BCUT2D eigenvalue weighted by Gasteiger charge is 2.16. The zero-order valence-electron chi connectivity index (χ0n) is 10.9. The molecule has 18 heavy (non-hydrogen) atoms. The maximum atomic E-state index is 8.72. The molecule has 1 heterocycles. The molecule has 1 N–H and O–H groups in total. The molecule has 0 unspecified atom stereocenters. The van der Waals surface area contributed by atoms with E-state index in [4.69, 9.17) is 5.26 Å². The average molecular weight is 312 g/mol. The lowest BCUT2D eigenvalue weighted by Gasteiger charge is -2.28. The lowest BCUT2D eigenvalue weighted by Crippen LogP contribution is -2.33. The molecule has 0 fully saturated rings. The van der Waals surface area contributed by atoms with Crippen molar-refractivity contribution >= 4 is 27.7 Å². The van der Waals surface area contributed by atoms with Gasteiger partial charge in [0.15, 0.2) is 0 Å². The first-order valence-electron chi connectivity index (χ1n) is 6.00. The highest BCUT2D eigenvalue weighted by molar-refractivity contribution is 9.10. The van der Waals surface area contributed by atoms with Gasteiger partial charge in [0.25, 0.3) is 0 Å². The summed E-state index contributed by atoms with van der Waals surface area (Å²) in [5, 5.41) is 11.8. The van der Waals surface area contributed by atoms with E-state index in [1.165, 1.54) is 0 Å². The van der Waals surface area contributed by atoms with E-state index in [1.54, 1.807) is 6.20 Å². The number of hydrogen-bond acceptors (Lipinski definition) is 5. The minimum Gasteiger partial charge on any atom is -0.354 e. The van der Waals surface area contributed by atoms with Crippen LogP contribution < -0.4 is 10.2 Å². The molecule has 1 aromatic heterocycles. The summed E-state index contributed by atoms with van der Waals surface area (Å²) in [5.41, 5.74) is 0. The number of rotatable bonds is 6. The van der Waals surface area contributed by atoms with E-state index in [2.05, 4.69) is 56.0 Å². The van der Waals surface area contributed by atoms with Crippen molar-refractivity contribution in [2.75, 3.05) is 23.3 Å². The number of nitrogens with one attached hydrogen (secondary N) is 1. The summed E-state index contributed by atoms with van der Waals surface area (Å²) in [6.45, 7) is 7.61. The number of hydrogen-bond donors (Lipinski definition) is 1. The first-order chi connectivity index (χ1) is 8.60. The first kappa shape index (κ1) is 14.7. The van der Waals surface area contributed by atoms with Gasteiger partial charge in [0, 0.05) is 25.3 Å². The zero-order valence-corrected chi connectivity index (χ0v) is 12.5. The van der Waals surface area contributed by atoms with Crippen molar-refractivity contribution in [3.05, 3.63) is 10.7 Å². The van der Waals surface area contributed by atoms with Gasteiger partial charge in [0.2, 0.25) is 5.95 Å². The molecule has 0 saturated carbocycles. The Morgan fingerprint density at radius 1 is 1.56 bits per heavy atom. The summed E-state index contributed by atoms with van der Waals surface area (Å²) >= 11 is 3.47. The summed E-state index contributed by atoms with van der Waals surface area (Å²) in [7, 11) is 0. The molecule has 0 bridgehead atoms. The summed E-state index contributed by atoms with van der Waals surface area (Å²) in [5.74, 6) is 1.43. The molecule has 0 aliphatic heterocycles. The van der Waals surface area contributed by atoms with Gasteiger partial charge in [-0.3, -0.25) is 0 Å². The van der Waals surface area contributed by atoms with Crippen LogP contribution in [0.1, 0.15) is 27.2 Å². The Hall–Kier alpha value is -1.35. The third-order valence-electron chi connectivity index (χ3n) is 2.42. The molecule has 1 aromatic rings. The van der Waals surface area contributed by atoms with Crippen molar-refractivity contribution < 1.29 is 0 Å². The predicted molar refractivity (Wildman–Crippen MR) is 76.6 cm³/mol. The van der Waals surface area contributed by atoms with E-state index in [0.717, 1.165) is 16.8 Å². The fraction of sp³-hybridized carbons (Fsp3) is 0.583. The zero-order chi connectivity index (χ0) is 13.5. The average Bonchev–Trinajstić information content (AvgIpc) is 2.33. The monoisotopic (exact) mass is 311 g/mol. The molecular formula is C12H18BrN5. The molecule has 0 aliphatic rings. The van der Waals surface area contributed by atoms with E-state index in [9.17, 15) is 0 Å². The standard InChI is InChI=1S/C12H18BrN5/c1-4-15-12-16-8-10(13)11(17-12)18(9(2)3)7-5-6-14/h8-9H,4-5,7H2,1-3H3,(H,15,16,17).